The normalized spacial score (nSPS) is 20.9. The van der Waals surface area contributed by atoms with E-state index in [1.54, 1.807) is 6.20 Å². The van der Waals surface area contributed by atoms with E-state index in [0.29, 0.717) is 13.2 Å². The van der Waals surface area contributed by atoms with Gasteiger partial charge < -0.3 is 15.0 Å². The number of carbonyl (C=O) groups excluding carboxylic acids is 1. The van der Waals surface area contributed by atoms with Crippen molar-refractivity contribution in [2.45, 2.75) is 32.6 Å². The highest BCUT2D eigenvalue weighted by Crippen LogP contribution is 2.23. The molecule has 0 atom stereocenters. The van der Waals surface area contributed by atoms with Crippen molar-refractivity contribution in [3.63, 3.8) is 0 Å². The van der Waals surface area contributed by atoms with Gasteiger partial charge in [-0.15, -0.1) is 0 Å². The Hall–Kier alpha value is -1.62. The van der Waals surface area contributed by atoms with Crippen molar-refractivity contribution in [3.8, 4) is 0 Å². The van der Waals surface area contributed by atoms with E-state index in [1.165, 1.54) is 12.8 Å². The van der Waals surface area contributed by atoms with Crippen molar-refractivity contribution in [1.29, 1.82) is 0 Å². The summed E-state index contributed by atoms with van der Waals surface area (Å²) < 4.78 is 5.29. The van der Waals surface area contributed by atoms with Gasteiger partial charge in [-0.25, -0.2) is 4.98 Å². The van der Waals surface area contributed by atoms with Crippen LogP contribution in [0, 0.1) is 11.8 Å². The van der Waals surface area contributed by atoms with Crippen LogP contribution in [0.25, 0.3) is 0 Å². The highest BCUT2D eigenvalue weighted by molar-refractivity contribution is 5.92. The van der Waals surface area contributed by atoms with Gasteiger partial charge in [0, 0.05) is 32.2 Å². The van der Waals surface area contributed by atoms with E-state index in [-0.39, 0.29) is 11.8 Å². The summed E-state index contributed by atoms with van der Waals surface area (Å²) in [7, 11) is 0. The van der Waals surface area contributed by atoms with Crippen LogP contribution in [0.1, 0.15) is 32.6 Å². The van der Waals surface area contributed by atoms with E-state index in [9.17, 15) is 4.79 Å². The summed E-state index contributed by atoms with van der Waals surface area (Å²) in [6.45, 7) is 5.81. The zero-order valence-corrected chi connectivity index (χ0v) is 13.3. The summed E-state index contributed by atoms with van der Waals surface area (Å²) in [5.74, 6) is 1.98. The molecule has 0 radical (unpaired) electrons. The SMILES string of the molecule is CC1CCN(c2ccc(NC(=O)C3CCOCC3)cn2)CC1. The van der Waals surface area contributed by atoms with Crippen LogP contribution in [-0.4, -0.2) is 37.2 Å². The lowest BCUT2D eigenvalue weighted by molar-refractivity contribution is -0.122. The number of rotatable bonds is 3. The Bertz CT molecular complexity index is 489. The Morgan fingerprint density at radius 1 is 1.23 bits per heavy atom. The number of piperidine rings is 1. The second kappa shape index (κ2) is 7.09. The molecule has 0 saturated carbocycles. The van der Waals surface area contributed by atoms with Crippen LogP contribution in [0.3, 0.4) is 0 Å². The number of nitrogens with one attached hydrogen (secondary N) is 1. The summed E-state index contributed by atoms with van der Waals surface area (Å²) in [4.78, 5) is 19.0. The van der Waals surface area contributed by atoms with Gasteiger partial charge in [0.25, 0.3) is 0 Å². The maximum atomic E-state index is 12.2. The minimum Gasteiger partial charge on any atom is -0.381 e. The number of ether oxygens (including phenoxy) is 1. The molecule has 2 saturated heterocycles. The maximum Gasteiger partial charge on any atom is 0.227 e. The number of pyridine rings is 1. The molecule has 0 aliphatic carbocycles. The molecule has 1 aromatic rings. The molecular weight excluding hydrogens is 278 g/mol. The van der Waals surface area contributed by atoms with Gasteiger partial charge in [0.2, 0.25) is 5.91 Å². The molecule has 1 aromatic heterocycles. The molecule has 120 valence electrons. The minimum atomic E-state index is 0.0667. The molecule has 3 rings (SSSR count). The van der Waals surface area contributed by atoms with E-state index >= 15 is 0 Å². The molecule has 0 aromatic carbocycles. The number of amides is 1. The Kier molecular flexibility index (Phi) is 4.93. The lowest BCUT2D eigenvalue weighted by Crippen LogP contribution is -2.33. The Labute approximate surface area is 132 Å². The van der Waals surface area contributed by atoms with Gasteiger partial charge in [-0.05, 0) is 43.7 Å². The van der Waals surface area contributed by atoms with Gasteiger partial charge in [-0.3, -0.25) is 4.79 Å². The quantitative estimate of drug-likeness (QED) is 0.933. The summed E-state index contributed by atoms with van der Waals surface area (Å²) in [6.07, 6.45) is 5.84. The molecule has 0 unspecified atom stereocenters. The van der Waals surface area contributed by atoms with Crippen molar-refractivity contribution < 1.29 is 9.53 Å². The number of hydrogen-bond donors (Lipinski definition) is 1. The van der Waals surface area contributed by atoms with Crippen LogP contribution in [-0.2, 0) is 9.53 Å². The van der Waals surface area contributed by atoms with Gasteiger partial charge >= 0.3 is 0 Å². The zero-order valence-electron chi connectivity index (χ0n) is 13.3. The lowest BCUT2D eigenvalue weighted by Gasteiger charge is -2.31. The number of carbonyl (C=O) groups is 1. The first-order valence-electron chi connectivity index (χ1n) is 8.32. The zero-order chi connectivity index (χ0) is 15.4. The van der Waals surface area contributed by atoms with E-state index in [0.717, 1.165) is 43.4 Å². The maximum absolute atomic E-state index is 12.2. The Balaban J connectivity index is 1.56. The molecule has 0 bridgehead atoms. The smallest absolute Gasteiger partial charge is 0.227 e. The largest absolute Gasteiger partial charge is 0.381 e. The van der Waals surface area contributed by atoms with Crippen LogP contribution in [0.2, 0.25) is 0 Å². The monoisotopic (exact) mass is 303 g/mol. The fourth-order valence-electron chi connectivity index (χ4n) is 3.09. The Morgan fingerprint density at radius 3 is 2.59 bits per heavy atom. The van der Waals surface area contributed by atoms with E-state index in [2.05, 4.69) is 22.1 Å². The number of aromatic nitrogens is 1. The molecule has 1 N–H and O–H groups in total. The average molecular weight is 303 g/mol. The summed E-state index contributed by atoms with van der Waals surface area (Å²) >= 11 is 0. The van der Waals surface area contributed by atoms with Crippen LogP contribution in [0.15, 0.2) is 18.3 Å². The van der Waals surface area contributed by atoms with Gasteiger partial charge in [-0.2, -0.15) is 0 Å². The van der Waals surface area contributed by atoms with Crippen molar-refractivity contribution >= 4 is 17.4 Å². The van der Waals surface area contributed by atoms with Gasteiger partial charge in [0.1, 0.15) is 5.82 Å². The minimum absolute atomic E-state index is 0.0667. The average Bonchev–Trinajstić information content (AvgIpc) is 2.57. The topological polar surface area (TPSA) is 54.5 Å². The molecule has 2 aliphatic heterocycles. The molecule has 0 spiro atoms. The highest BCUT2D eigenvalue weighted by atomic mass is 16.5. The van der Waals surface area contributed by atoms with E-state index in [1.807, 2.05) is 12.1 Å². The first-order chi connectivity index (χ1) is 10.7. The number of hydrogen-bond acceptors (Lipinski definition) is 4. The standard InChI is InChI=1S/C17H25N3O2/c1-13-4-8-20(9-5-13)16-3-2-15(12-18-16)19-17(21)14-6-10-22-11-7-14/h2-3,12-14H,4-11H2,1H3,(H,19,21). The predicted octanol–water partition coefficient (Wildman–Crippen LogP) is 2.68. The van der Waals surface area contributed by atoms with Crippen molar-refractivity contribution in [2.75, 3.05) is 36.5 Å². The van der Waals surface area contributed by atoms with Crippen LogP contribution in [0.4, 0.5) is 11.5 Å². The number of anilines is 2. The van der Waals surface area contributed by atoms with Gasteiger partial charge in [0.15, 0.2) is 0 Å². The van der Waals surface area contributed by atoms with Crippen molar-refractivity contribution in [3.05, 3.63) is 18.3 Å². The first-order valence-corrected chi connectivity index (χ1v) is 8.32. The van der Waals surface area contributed by atoms with Crippen molar-refractivity contribution in [2.24, 2.45) is 11.8 Å². The third-order valence-corrected chi connectivity index (χ3v) is 4.72. The lowest BCUT2D eigenvalue weighted by atomic mass is 9.99. The first kappa shape index (κ1) is 15.3. The summed E-state index contributed by atoms with van der Waals surface area (Å²) in [5, 5.41) is 2.97. The van der Waals surface area contributed by atoms with Gasteiger partial charge in [0.05, 0.1) is 11.9 Å². The van der Waals surface area contributed by atoms with Crippen LogP contribution >= 0.6 is 0 Å². The van der Waals surface area contributed by atoms with Crippen LogP contribution in [0.5, 0.6) is 0 Å². The molecule has 3 heterocycles. The molecule has 1 amide bonds. The van der Waals surface area contributed by atoms with E-state index in [4.69, 9.17) is 4.74 Å². The highest BCUT2D eigenvalue weighted by Gasteiger charge is 2.22. The van der Waals surface area contributed by atoms with Crippen molar-refractivity contribution in [1.82, 2.24) is 4.98 Å². The Morgan fingerprint density at radius 2 is 1.95 bits per heavy atom. The predicted molar refractivity (Wildman–Crippen MR) is 87.0 cm³/mol. The fourth-order valence-corrected chi connectivity index (χ4v) is 3.09. The third-order valence-electron chi connectivity index (χ3n) is 4.72. The number of nitrogens with zero attached hydrogens (tertiary/aromatic N) is 2. The molecule has 2 fully saturated rings. The molecule has 22 heavy (non-hydrogen) atoms. The second-order valence-corrected chi connectivity index (χ2v) is 6.45. The second-order valence-electron chi connectivity index (χ2n) is 6.45. The summed E-state index contributed by atoms with van der Waals surface area (Å²) in [6, 6.07) is 3.97. The molecule has 5 nitrogen and oxygen atoms in total. The molecular formula is C17H25N3O2. The van der Waals surface area contributed by atoms with Gasteiger partial charge in [-0.1, -0.05) is 6.92 Å². The third kappa shape index (κ3) is 3.77. The van der Waals surface area contributed by atoms with E-state index < -0.39 is 0 Å². The fraction of sp³-hybridized carbons (Fsp3) is 0.647. The molecule has 2 aliphatic rings. The molecule has 5 heteroatoms. The van der Waals surface area contributed by atoms with Crippen LogP contribution < -0.4 is 10.2 Å². The summed E-state index contributed by atoms with van der Waals surface area (Å²) in [5.41, 5.74) is 0.783.